The van der Waals surface area contributed by atoms with Crippen LogP contribution in [0.15, 0.2) is 12.1 Å². The molecule has 1 saturated heterocycles. The van der Waals surface area contributed by atoms with Crippen LogP contribution in [0.2, 0.25) is 0 Å². The van der Waals surface area contributed by atoms with Crippen LogP contribution in [-0.4, -0.2) is 18.0 Å². The Morgan fingerprint density at radius 1 is 1.20 bits per heavy atom. The van der Waals surface area contributed by atoms with Gasteiger partial charge in [0.25, 0.3) is 6.43 Å². The fourth-order valence-corrected chi connectivity index (χ4v) is 2.85. The van der Waals surface area contributed by atoms with Gasteiger partial charge in [0.05, 0.1) is 4.88 Å². The predicted molar refractivity (Wildman–Crippen MR) is 58.4 cm³/mol. The van der Waals surface area contributed by atoms with Crippen LogP contribution in [0.25, 0.3) is 0 Å². The Morgan fingerprint density at radius 3 is 2.53 bits per heavy atom. The highest BCUT2D eigenvalue weighted by atomic mass is 32.1. The first-order valence-corrected chi connectivity index (χ1v) is 6.16. The van der Waals surface area contributed by atoms with Crippen molar-refractivity contribution >= 4 is 11.3 Å². The largest absolute Gasteiger partial charge is 0.298 e. The monoisotopic (exact) mass is 231 g/mol. The molecule has 0 N–H and O–H groups in total. The van der Waals surface area contributed by atoms with Crippen molar-refractivity contribution in [3.8, 4) is 0 Å². The van der Waals surface area contributed by atoms with Crippen LogP contribution in [0.1, 0.15) is 35.4 Å². The minimum Gasteiger partial charge on any atom is -0.298 e. The third-order valence-corrected chi connectivity index (χ3v) is 3.80. The fourth-order valence-electron chi connectivity index (χ4n) is 1.93. The summed E-state index contributed by atoms with van der Waals surface area (Å²) in [6.45, 7) is 3.07. The van der Waals surface area contributed by atoms with E-state index < -0.39 is 6.43 Å². The molecule has 0 amide bonds. The van der Waals surface area contributed by atoms with Crippen molar-refractivity contribution in [2.45, 2.75) is 32.2 Å². The average molecular weight is 231 g/mol. The number of nitrogens with zero attached hydrogens (tertiary/aromatic N) is 1. The maximum Gasteiger partial charge on any atom is 0.272 e. The van der Waals surface area contributed by atoms with E-state index in [1.54, 1.807) is 6.07 Å². The Kier molecular flexibility index (Phi) is 3.70. The Bertz CT molecular complexity index is 305. The van der Waals surface area contributed by atoms with Gasteiger partial charge in [0.1, 0.15) is 0 Å². The molecule has 0 aromatic carbocycles. The van der Waals surface area contributed by atoms with E-state index in [9.17, 15) is 8.78 Å². The number of rotatable bonds is 3. The lowest BCUT2D eigenvalue weighted by atomic mass is 10.1. The zero-order valence-electron chi connectivity index (χ0n) is 8.59. The van der Waals surface area contributed by atoms with Gasteiger partial charge in [-0.05, 0) is 38.1 Å². The highest BCUT2D eigenvalue weighted by molar-refractivity contribution is 7.12. The van der Waals surface area contributed by atoms with E-state index >= 15 is 0 Å². The smallest absolute Gasteiger partial charge is 0.272 e. The van der Waals surface area contributed by atoms with E-state index in [4.69, 9.17) is 0 Å². The maximum atomic E-state index is 12.4. The van der Waals surface area contributed by atoms with Gasteiger partial charge in [-0.25, -0.2) is 8.78 Å². The van der Waals surface area contributed by atoms with Crippen molar-refractivity contribution in [1.29, 1.82) is 0 Å². The molecule has 1 aromatic rings. The summed E-state index contributed by atoms with van der Waals surface area (Å²) in [5.74, 6) is 0. The van der Waals surface area contributed by atoms with Gasteiger partial charge in [0.2, 0.25) is 0 Å². The molecule has 0 saturated carbocycles. The van der Waals surface area contributed by atoms with Gasteiger partial charge >= 0.3 is 0 Å². The van der Waals surface area contributed by atoms with Crippen molar-refractivity contribution in [2.24, 2.45) is 0 Å². The fraction of sp³-hybridized carbons (Fsp3) is 0.636. The first kappa shape index (κ1) is 11.0. The molecule has 0 unspecified atom stereocenters. The average Bonchev–Trinajstić information content (AvgIpc) is 2.68. The third-order valence-electron chi connectivity index (χ3n) is 2.73. The zero-order chi connectivity index (χ0) is 10.7. The van der Waals surface area contributed by atoms with E-state index in [0.29, 0.717) is 0 Å². The molecule has 1 aliphatic heterocycles. The molecule has 1 nitrogen and oxygen atoms in total. The number of hydrogen-bond acceptors (Lipinski definition) is 2. The van der Waals surface area contributed by atoms with Gasteiger partial charge in [-0.3, -0.25) is 4.90 Å². The number of likely N-dealkylation sites (tertiary alicyclic amines) is 1. The lowest BCUT2D eigenvalue weighted by Gasteiger charge is -2.25. The minimum absolute atomic E-state index is 0.196. The normalized spacial score (nSPS) is 18.6. The highest BCUT2D eigenvalue weighted by Gasteiger charge is 2.14. The van der Waals surface area contributed by atoms with Gasteiger partial charge in [0.15, 0.2) is 0 Å². The summed E-state index contributed by atoms with van der Waals surface area (Å²) >= 11 is 1.24. The number of hydrogen-bond donors (Lipinski definition) is 0. The molecule has 15 heavy (non-hydrogen) atoms. The molecule has 0 atom stereocenters. The summed E-state index contributed by atoms with van der Waals surface area (Å²) in [5, 5.41) is 0. The van der Waals surface area contributed by atoms with Crippen LogP contribution >= 0.6 is 11.3 Å². The quantitative estimate of drug-likeness (QED) is 0.767. The molecule has 2 rings (SSSR count). The predicted octanol–water partition coefficient (Wildman–Crippen LogP) is 3.67. The summed E-state index contributed by atoms with van der Waals surface area (Å²) in [7, 11) is 0. The number of halogens is 2. The Labute approximate surface area is 92.7 Å². The third kappa shape index (κ3) is 2.98. The van der Waals surface area contributed by atoms with E-state index in [1.165, 1.54) is 30.6 Å². The number of alkyl halides is 2. The second-order valence-electron chi connectivity index (χ2n) is 3.94. The number of thiophene rings is 1. The second kappa shape index (κ2) is 5.03. The molecule has 0 spiro atoms. The van der Waals surface area contributed by atoms with Crippen molar-refractivity contribution in [2.75, 3.05) is 13.1 Å². The summed E-state index contributed by atoms with van der Waals surface area (Å²) in [5.41, 5.74) is 0. The van der Waals surface area contributed by atoms with Crippen molar-refractivity contribution in [3.63, 3.8) is 0 Å². The highest BCUT2D eigenvalue weighted by Crippen LogP contribution is 2.28. The summed E-state index contributed by atoms with van der Waals surface area (Å²) in [4.78, 5) is 3.61. The lowest BCUT2D eigenvalue weighted by molar-refractivity contribution is 0.155. The van der Waals surface area contributed by atoms with Crippen LogP contribution in [0, 0.1) is 0 Å². The van der Waals surface area contributed by atoms with E-state index in [1.807, 2.05) is 6.07 Å². The SMILES string of the molecule is FC(F)c1ccc(CN2CCCCC2)s1. The van der Waals surface area contributed by atoms with Crippen molar-refractivity contribution < 1.29 is 8.78 Å². The number of piperidine rings is 1. The molecule has 1 fully saturated rings. The van der Waals surface area contributed by atoms with Gasteiger partial charge in [0, 0.05) is 11.4 Å². The molecule has 1 aromatic heterocycles. The topological polar surface area (TPSA) is 3.24 Å². The first-order chi connectivity index (χ1) is 7.25. The summed E-state index contributed by atoms with van der Waals surface area (Å²) in [6, 6.07) is 3.38. The minimum atomic E-state index is -2.31. The Hall–Kier alpha value is -0.480. The molecule has 0 radical (unpaired) electrons. The molecule has 4 heteroatoms. The molecular formula is C11H15F2NS. The van der Waals surface area contributed by atoms with E-state index in [0.717, 1.165) is 24.5 Å². The van der Waals surface area contributed by atoms with Crippen LogP contribution in [0.5, 0.6) is 0 Å². The molecule has 84 valence electrons. The molecular weight excluding hydrogens is 216 g/mol. The molecule has 1 aliphatic rings. The molecule has 0 aliphatic carbocycles. The molecule has 2 heterocycles. The Morgan fingerprint density at radius 2 is 1.93 bits per heavy atom. The van der Waals surface area contributed by atoms with Gasteiger partial charge in [-0.2, -0.15) is 0 Å². The van der Waals surface area contributed by atoms with Crippen molar-refractivity contribution in [3.05, 3.63) is 21.9 Å². The van der Waals surface area contributed by atoms with Gasteiger partial charge < -0.3 is 0 Å². The standard InChI is InChI=1S/C11H15F2NS/c12-11(13)10-5-4-9(15-10)8-14-6-2-1-3-7-14/h4-5,11H,1-3,6-8H2. The van der Waals surface area contributed by atoms with Gasteiger partial charge in [-0.15, -0.1) is 11.3 Å². The maximum absolute atomic E-state index is 12.4. The Balaban J connectivity index is 1.91. The molecule has 0 bridgehead atoms. The van der Waals surface area contributed by atoms with Crippen LogP contribution < -0.4 is 0 Å². The summed E-state index contributed by atoms with van der Waals surface area (Å²) in [6.07, 6.45) is 1.48. The first-order valence-electron chi connectivity index (χ1n) is 5.35. The van der Waals surface area contributed by atoms with Crippen LogP contribution in [-0.2, 0) is 6.54 Å². The zero-order valence-corrected chi connectivity index (χ0v) is 9.40. The van der Waals surface area contributed by atoms with Crippen LogP contribution in [0.3, 0.4) is 0 Å². The van der Waals surface area contributed by atoms with Gasteiger partial charge in [-0.1, -0.05) is 6.42 Å². The lowest BCUT2D eigenvalue weighted by Crippen LogP contribution is -2.28. The van der Waals surface area contributed by atoms with Crippen molar-refractivity contribution in [1.82, 2.24) is 4.90 Å². The summed E-state index contributed by atoms with van der Waals surface area (Å²) < 4.78 is 24.7. The van der Waals surface area contributed by atoms with Crippen LogP contribution in [0.4, 0.5) is 8.78 Å². The van der Waals surface area contributed by atoms with E-state index in [-0.39, 0.29) is 4.88 Å². The van der Waals surface area contributed by atoms with E-state index in [2.05, 4.69) is 4.90 Å². The second-order valence-corrected chi connectivity index (χ2v) is 5.14.